The molecule has 1 heterocycles. The van der Waals surface area contributed by atoms with Crippen molar-refractivity contribution in [2.24, 2.45) is 0 Å². The van der Waals surface area contributed by atoms with Gasteiger partial charge in [0, 0.05) is 5.56 Å². The highest BCUT2D eigenvalue weighted by atomic mass is 16.5. The number of aryl methyl sites for hydroxylation is 3. The van der Waals surface area contributed by atoms with Crippen LogP contribution in [-0.2, 0) is 6.61 Å². The Morgan fingerprint density at radius 1 is 1.03 bits per heavy atom. The first kappa shape index (κ1) is 19.5. The van der Waals surface area contributed by atoms with Crippen molar-refractivity contribution >= 4 is 22.7 Å². The number of para-hydroxylation sites is 1. The van der Waals surface area contributed by atoms with Crippen molar-refractivity contribution in [2.75, 3.05) is 0 Å². The minimum absolute atomic E-state index is 0.466. The molecule has 0 saturated carbocycles. The number of allylic oxidation sites excluding steroid dienone is 1. The van der Waals surface area contributed by atoms with Gasteiger partial charge in [-0.05, 0) is 61.7 Å². The van der Waals surface area contributed by atoms with Crippen LogP contribution in [0.15, 0.2) is 60.7 Å². The largest absolute Gasteiger partial charge is 0.488 e. The number of fused-ring (bicyclic) bond motifs is 1. The van der Waals surface area contributed by atoms with E-state index in [4.69, 9.17) is 4.74 Å². The van der Waals surface area contributed by atoms with E-state index in [1.165, 1.54) is 16.7 Å². The molecule has 1 N–H and O–H groups in total. The van der Waals surface area contributed by atoms with E-state index in [2.05, 4.69) is 67.1 Å². The number of rotatable bonds is 5. The molecule has 4 nitrogen and oxygen atoms in total. The molecule has 0 bridgehead atoms. The summed E-state index contributed by atoms with van der Waals surface area (Å²) in [5.41, 5.74) is 7.78. The van der Waals surface area contributed by atoms with E-state index >= 15 is 0 Å². The number of H-pyrrole nitrogens is 1. The molecule has 0 spiro atoms. The molecule has 1 aromatic heterocycles. The van der Waals surface area contributed by atoms with Gasteiger partial charge in [0.05, 0.1) is 16.6 Å². The van der Waals surface area contributed by atoms with Crippen LogP contribution in [0.5, 0.6) is 5.75 Å². The monoisotopic (exact) mass is 393 g/mol. The number of nitrogens with one attached hydrogen (secondary N) is 1. The highest BCUT2D eigenvalue weighted by molar-refractivity contribution is 5.91. The summed E-state index contributed by atoms with van der Waals surface area (Å²) in [7, 11) is 0. The van der Waals surface area contributed by atoms with Gasteiger partial charge in [0.15, 0.2) is 0 Å². The third-order valence-electron chi connectivity index (χ3n) is 5.21. The van der Waals surface area contributed by atoms with Gasteiger partial charge in [-0.25, -0.2) is 4.98 Å². The second-order valence-electron chi connectivity index (χ2n) is 7.52. The first-order chi connectivity index (χ1) is 14.5. The number of hydrogen-bond acceptors (Lipinski definition) is 3. The lowest BCUT2D eigenvalue weighted by molar-refractivity contribution is 0.305. The lowest BCUT2D eigenvalue weighted by Crippen LogP contribution is -1.97. The average molecular weight is 393 g/mol. The van der Waals surface area contributed by atoms with Gasteiger partial charge < -0.3 is 9.72 Å². The van der Waals surface area contributed by atoms with Crippen LogP contribution in [0.1, 0.15) is 33.6 Å². The van der Waals surface area contributed by atoms with Gasteiger partial charge in [-0.2, -0.15) is 5.26 Å². The highest BCUT2D eigenvalue weighted by Gasteiger charge is 2.11. The molecule has 0 radical (unpaired) electrons. The number of imidazole rings is 1. The Kier molecular flexibility index (Phi) is 5.36. The van der Waals surface area contributed by atoms with Crippen LogP contribution in [0.3, 0.4) is 0 Å². The van der Waals surface area contributed by atoms with E-state index in [9.17, 15) is 5.26 Å². The molecule has 0 aliphatic rings. The zero-order valence-electron chi connectivity index (χ0n) is 17.4. The molecule has 0 unspecified atom stereocenters. The van der Waals surface area contributed by atoms with Gasteiger partial charge in [-0.3, -0.25) is 0 Å². The van der Waals surface area contributed by atoms with Gasteiger partial charge >= 0.3 is 0 Å². The van der Waals surface area contributed by atoms with Gasteiger partial charge in [0.1, 0.15) is 24.3 Å². The Hall–Kier alpha value is -3.84. The summed E-state index contributed by atoms with van der Waals surface area (Å²) >= 11 is 0. The van der Waals surface area contributed by atoms with Crippen LogP contribution in [0.2, 0.25) is 0 Å². The van der Waals surface area contributed by atoms with Crippen molar-refractivity contribution in [3.05, 3.63) is 94.3 Å². The quantitative estimate of drug-likeness (QED) is 0.415. The summed E-state index contributed by atoms with van der Waals surface area (Å²) in [4.78, 5) is 7.90. The third kappa shape index (κ3) is 4.11. The van der Waals surface area contributed by atoms with Crippen molar-refractivity contribution in [1.82, 2.24) is 9.97 Å². The second-order valence-corrected chi connectivity index (χ2v) is 7.52. The molecule has 0 aliphatic carbocycles. The van der Waals surface area contributed by atoms with Crippen molar-refractivity contribution in [3.63, 3.8) is 0 Å². The van der Waals surface area contributed by atoms with Crippen LogP contribution in [0, 0.1) is 32.1 Å². The first-order valence-electron chi connectivity index (χ1n) is 9.90. The molecule has 148 valence electrons. The minimum atomic E-state index is 0.466. The maximum atomic E-state index is 9.78. The Morgan fingerprint density at radius 2 is 1.77 bits per heavy atom. The molecule has 0 fully saturated rings. The van der Waals surface area contributed by atoms with Gasteiger partial charge in [-0.15, -0.1) is 0 Å². The van der Waals surface area contributed by atoms with Crippen molar-refractivity contribution in [3.8, 4) is 11.8 Å². The third-order valence-corrected chi connectivity index (χ3v) is 5.21. The van der Waals surface area contributed by atoms with Crippen molar-refractivity contribution in [2.45, 2.75) is 27.4 Å². The topological polar surface area (TPSA) is 61.7 Å². The Bertz CT molecular complexity index is 1240. The molecule has 0 atom stereocenters. The van der Waals surface area contributed by atoms with Crippen molar-refractivity contribution in [1.29, 1.82) is 5.26 Å². The minimum Gasteiger partial charge on any atom is -0.488 e. The van der Waals surface area contributed by atoms with E-state index in [0.717, 1.165) is 27.9 Å². The summed E-state index contributed by atoms with van der Waals surface area (Å²) in [6.07, 6.45) is 1.82. The number of aromatic nitrogens is 2. The van der Waals surface area contributed by atoms with Crippen LogP contribution in [0.4, 0.5) is 0 Å². The lowest BCUT2D eigenvalue weighted by Gasteiger charge is -2.10. The molecule has 4 aromatic rings. The van der Waals surface area contributed by atoms with E-state index in [1.807, 2.05) is 36.4 Å². The van der Waals surface area contributed by atoms with Crippen LogP contribution < -0.4 is 4.74 Å². The average Bonchev–Trinajstić information content (AvgIpc) is 3.15. The van der Waals surface area contributed by atoms with Gasteiger partial charge in [0.2, 0.25) is 0 Å². The second kappa shape index (κ2) is 8.26. The molecule has 4 heteroatoms. The number of hydrogen-bond donors (Lipinski definition) is 1. The molecule has 0 amide bonds. The Morgan fingerprint density at radius 3 is 2.53 bits per heavy atom. The smallest absolute Gasteiger partial charge is 0.149 e. The predicted octanol–water partition coefficient (Wildman–Crippen LogP) is 6.13. The fourth-order valence-electron chi connectivity index (χ4n) is 3.28. The van der Waals surface area contributed by atoms with E-state index < -0.39 is 0 Å². The number of ether oxygens (including phenoxy) is 1. The van der Waals surface area contributed by atoms with E-state index in [-0.39, 0.29) is 0 Å². The standard InChI is InChI=1S/C26H23N3O/c1-17-8-10-20(11-9-17)16-30-25-7-5-4-6-21(25)14-22(15-27)26-28-23-12-18(2)19(3)13-24(23)29-26/h4-14H,16H2,1-3H3,(H,28,29)/b22-14-. The number of benzene rings is 3. The summed E-state index contributed by atoms with van der Waals surface area (Å²) in [5.74, 6) is 1.29. The Balaban J connectivity index is 1.64. The fraction of sp³-hybridized carbons (Fsp3) is 0.154. The Labute approximate surface area is 176 Å². The molecule has 4 rings (SSSR count). The number of nitrogens with zero attached hydrogens (tertiary/aromatic N) is 2. The summed E-state index contributed by atoms with van der Waals surface area (Å²) < 4.78 is 6.05. The van der Waals surface area contributed by atoms with Crippen LogP contribution in [-0.4, -0.2) is 9.97 Å². The fourth-order valence-corrected chi connectivity index (χ4v) is 3.28. The maximum absolute atomic E-state index is 9.78. The summed E-state index contributed by atoms with van der Waals surface area (Å²) in [6.45, 7) is 6.66. The van der Waals surface area contributed by atoms with Crippen LogP contribution in [0.25, 0.3) is 22.7 Å². The zero-order valence-corrected chi connectivity index (χ0v) is 17.4. The highest BCUT2D eigenvalue weighted by Crippen LogP contribution is 2.26. The lowest BCUT2D eigenvalue weighted by atomic mass is 10.1. The van der Waals surface area contributed by atoms with Crippen LogP contribution >= 0.6 is 0 Å². The molecule has 0 saturated heterocycles. The van der Waals surface area contributed by atoms with Gasteiger partial charge in [0.25, 0.3) is 0 Å². The van der Waals surface area contributed by atoms with E-state index in [1.54, 1.807) is 0 Å². The number of aromatic amines is 1. The van der Waals surface area contributed by atoms with E-state index in [0.29, 0.717) is 18.0 Å². The first-order valence-corrected chi connectivity index (χ1v) is 9.90. The molecular weight excluding hydrogens is 370 g/mol. The summed E-state index contributed by atoms with van der Waals surface area (Å²) in [6, 6.07) is 22.4. The normalized spacial score (nSPS) is 11.5. The zero-order chi connectivity index (χ0) is 21.1. The molecule has 3 aromatic carbocycles. The maximum Gasteiger partial charge on any atom is 0.149 e. The molecular formula is C26H23N3O. The van der Waals surface area contributed by atoms with Gasteiger partial charge in [-0.1, -0.05) is 48.0 Å². The summed E-state index contributed by atoms with van der Waals surface area (Å²) in [5, 5.41) is 9.78. The SMILES string of the molecule is Cc1ccc(COc2ccccc2/C=C(/C#N)c2nc3cc(C)c(C)cc3[nH]2)cc1. The molecule has 30 heavy (non-hydrogen) atoms. The predicted molar refractivity (Wildman–Crippen MR) is 121 cm³/mol. The van der Waals surface area contributed by atoms with Crippen molar-refractivity contribution < 1.29 is 4.74 Å². The number of nitriles is 1. The molecule has 0 aliphatic heterocycles.